The highest BCUT2D eigenvalue weighted by Crippen LogP contribution is 2.35. The molecule has 2 N–H and O–H groups in total. The van der Waals surface area contributed by atoms with E-state index in [4.69, 9.17) is 14.2 Å². The van der Waals surface area contributed by atoms with Gasteiger partial charge in [-0.3, -0.25) is 9.59 Å². The zero-order chi connectivity index (χ0) is 24.5. The molecule has 1 amide bonds. The Morgan fingerprint density at radius 1 is 1.12 bits per heavy atom. The molecule has 0 radical (unpaired) electrons. The number of aliphatic hydroxyl groups excluding tert-OH is 1. The first kappa shape index (κ1) is 23.9. The SMILES string of the molecule is O=C(COC(=O)[C@H]1C[C@@H](O)CN1S(=O)(=O)c1ccc2c(c1)OCCO2)Nc1cc(F)ccc1F. The molecule has 0 aromatic heterocycles. The molecule has 0 spiro atoms. The molecule has 2 aliphatic rings. The van der Waals surface area contributed by atoms with Crippen LogP contribution in [0.2, 0.25) is 0 Å². The van der Waals surface area contributed by atoms with E-state index in [-0.39, 0.29) is 30.2 Å². The number of fused-ring (bicyclic) bond motifs is 1. The number of esters is 1. The number of β-amino-alcohol motifs (C(OH)–C–C–N with tert-alkyl or cyclic N) is 1. The van der Waals surface area contributed by atoms with Gasteiger partial charge in [0.25, 0.3) is 5.91 Å². The molecular weight excluding hydrogens is 478 g/mol. The van der Waals surface area contributed by atoms with E-state index in [1.54, 1.807) is 0 Å². The lowest BCUT2D eigenvalue weighted by Crippen LogP contribution is -2.42. The average Bonchev–Trinajstić information content (AvgIpc) is 3.22. The van der Waals surface area contributed by atoms with Crippen molar-refractivity contribution in [2.75, 3.05) is 31.7 Å². The van der Waals surface area contributed by atoms with E-state index in [2.05, 4.69) is 5.32 Å². The van der Waals surface area contributed by atoms with Crippen LogP contribution in [0.1, 0.15) is 6.42 Å². The molecule has 1 saturated heterocycles. The molecule has 2 aliphatic heterocycles. The summed E-state index contributed by atoms with van der Waals surface area (Å²) in [4.78, 5) is 24.4. The van der Waals surface area contributed by atoms with Crippen LogP contribution in [-0.2, 0) is 24.3 Å². The van der Waals surface area contributed by atoms with Crippen LogP contribution in [0.3, 0.4) is 0 Å². The lowest BCUT2D eigenvalue weighted by molar-refractivity contribution is -0.150. The van der Waals surface area contributed by atoms with E-state index in [1.807, 2.05) is 0 Å². The third-order valence-corrected chi connectivity index (χ3v) is 7.04. The highest BCUT2D eigenvalue weighted by molar-refractivity contribution is 7.89. The maximum Gasteiger partial charge on any atom is 0.325 e. The minimum Gasteiger partial charge on any atom is -0.486 e. The fourth-order valence-electron chi connectivity index (χ4n) is 3.60. The van der Waals surface area contributed by atoms with Crippen molar-refractivity contribution in [3.8, 4) is 11.5 Å². The number of nitrogens with zero attached hydrogens (tertiary/aromatic N) is 1. The summed E-state index contributed by atoms with van der Waals surface area (Å²) in [6.45, 7) is -0.670. The normalized spacial score (nSPS) is 20.1. The zero-order valence-corrected chi connectivity index (χ0v) is 18.4. The summed E-state index contributed by atoms with van der Waals surface area (Å²) < 4.78 is 69.7. The summed E-state index contributed by atoms with van der Waals surface area (Å²) >= 11 is 0. The predicted octanol–water partition coefficient (Wildman–Crippen LogP) is 1.04. The van der Waals surface area contributed by atoms with Gasteiger partial charge in [0.2, 0.25) is 10.0 Å². The van der Waals surface area contributed by atoms with E-state index < -0.39 is 58.0 Å². The van der Waals surface area contributed by atoms with Crippen LogP contribution in [-0.4, -0.2) is 68.2 Å². The van der Waals surface area contributed by atoms with E-state index in [9.17, 15) is 31.9 Å². The summed E-state index contributed by atoms with van der Waals surface area (Å²) in [7, 11) is -4.25. The summed E-state index contributed by atoms with van der Waals surface area (Å²) in [6, 6.07) is 5.02. The van der Waals surface area contributed by atoms with Gasteiger partial charge in [-0.05, 0) is 24.3 Å². The molecule has 4 rings (SSSR count). The number of halogens is 2. The van der Waals surface area contributed by atoms with Crippen molar-refractivity contribution >= 4 is 27.6 Å². The van der Waals surface area contributed by atoms with E-state index in [0.29, 0.717) is 12.4 Å². The smallest absolute Gasteiger partial charge is 0.325 e. The molecule has 2 atom stereocenters. The van der Waals surface area contributed by atoms with Gasteiger partial charge in [0.05, 0.1) is 16.7 Å². The lowest BCUT2D eigenvalue weighted by atomic mass is 10.2. The number of amides is 1. The van der Waals surface area contributed by atoms with Gasteiger partial charge < -0.3 is 24.6 Å². The molecule has 2 heterocycles. The molecular formula is C21H20F2N2O8S. The first-order valence-corrected chi connectivity index (χ1v) is 11.6. The largest absolute Gasteiger partial charge is 0.486 e. The molecule has 182 valence electrons. The van der Waals surface area contributed by atoms with Crippen LogP contribution in [0.4, 0.5) is 14.5 Å². The van der Waals surface area contributed by atoms with Gasteiger partial charge in [-0.15, -0.1) is 0 Å². The number of nitrogens with one attached hydrogen (secondary N) is 1. The highest BCUT2D eigenvalue weighted by Gasteiger charge is 2.44. The predicted molar refractivity (Wildman–Crippen MR) is 112 cm³/mol. The van der Waals surface area contributed by atoms with Gasteiger partial charge in [-0.2, -0.15) is 4.31 Å². The van der Waals surface area contributed by atoms with Crippen molar-refractivity contribution in [3.63, 3.8) is 0 Å². The monoisotopic (exact) mass is 498 g/mol. The third kappa shape index (κ3) is 4.95. The quantitative estimate of drug-likeness (QED) is 0.565. The second kappa shape index (κ2) is 9.52. The van der Waals surface area contributed by atoms with Gasteiger partial charge in [0, 0.05) is 25.1 Å². The number of hydrogen-bond acceptors (Lipinski definition) is 8. The number of hydrogen-bond donors (Lipinski definition) is 2. The Morgan fingerprint density at radius 2 is 1.85 bits per heavy atom. The van der Waals surface area contributed by atoms with Crippen LogP contribution < -0.4 is 14.8 Å². The maximum atomic E-state index is 13.7. The topological polar surface area (TPSA) is 131 Å². The number of benzene rings is 2. The molecule has 0 bridgehead atoms. The number of anilines is 1. The fourth-order valence-corrected chi connectivity index (χ4v) is 5.24. The Bertz CT molecular complexity index is 1220. The first-order chi connectivity index (χ1) is 16.1. The number of carbonyl (C=O) groups excluding carboxylic acids is 2. The molecule has 0 aliphatic carbocycles. The van der Waals surface area contributed by atoms with Crippen molar-refractivity contribution in [1.82, 2.24) is 4.31 Å². The van der Waals surface area contributed by atoms with Gasteiger partial charge in [-0.1, -0.05) is 0 Å². The van der Waals surface area contributed by atoms with Crippen LogP contribution in [0.15, 0.2) is 41.3 Å². The van der Waals surface area contributed by atoms with E-state index in [1.165, 1.54) is 18.2 Å². The van der Waals surface area contributed by atoms with E-state index >= 15 is 0 Å². The zero-order valence-electron chi connectivity index (χ0n) is 17.6. The van der Waals surface area contributed by atoms with Gasteiger partial charge >= 0.3 is 5.97 Å². The van der Waals surface area contributed by atoms with E-state index in [0.717, 1.165) is 22.5 Å². The second-order valence-corrected chi connectivity index (χ2v) is 9.46. The Morgan fingerprint density at radius 3 is 2.62 bits per heavy atom. The molecule has 2 aromatic rings. The highest BCUT2D eigenvalue weighted by atomic mass is 32.2. The van der Waals surface area contributed by atoms with Crippen LogP contribution in [0.5, 0.6) is 11.5 Å². The second-order valence-electron chi connectivity index (χ2n) is 7.57. The van der Waals surface area contributed by atoms with Crippen LogP contribution in [0.25, 0.3) is 0 Å². The Balaban J connectivity index is 1.45. The van der Waals surface area contributed by atoms with Crippen molar-refractivity contribution < 1.29 is 46.1 Å². The Kier molecular flexibility index (Phi) is 6.68. The van der Waals surface area contributed by atoms with Crippen molar-refractivity contribution in [3.05, 3.63) is 48.0 Å². The summed E-state index contributed by atoms with van der Waals surface area (Å²) in [6.07, 6.45) is -1.39. The van der Waals surface area contributed by atoms with Gasteiger partial charge in [0.15, 0.2) is 18.1 Å². The molecule has 13 heteroatoms. The van der Waals surface area contributed by atoms with Gasteiger partial charge in [-0.25, -0.2) is 17.2 Å². The van der Waals surface area contributed by atoms with Crippen molar-refractivity contribution in [2.45, 2.75) is 23.5 Å². The maximum absolute atomic E-state index is 13.7. The number of rotatable bonds is 6. The number of aliphatic hydroxyl groups is 1. The van der Waals surface area contributed by atoms with Crippen molar-refractivity contribution in [1.29, 1.82) is 0 Å². The Hall–Kier alpha value is -3.29. The summed E-state index contributed by atoms with van der Waals surface area (Å²) in [5.74, 6) is -3.11. The summed E-state index contributed by atoms with van der Waals surface area (Å²) in [5, 5.41) is 12.1. The number of carbonyl (C=O) groups is 2. The Labute approximate surface area is 193 Å². The fraction of sp³-hybridized carbons (Fsp3) is 0.333. The molecule has 0 unspecified atom stereocenters. The average molecular weight is 498 g/mol. The molecule has 2 aromatic carbocycles. The lowest BCUT2D eigenvalue weighted by Gasteiger charge is -2.24. The number of ether oxygens (including phenoxy) is 3. The van der Waals surface area contributed by atoms with Crippen LogP contribution in [0, 0.1) is 11.6 Å². The number of sulfonamides is 1. The first-order valence-electron chi connectivity index (χ1n) is 10.2. The summed E-state index contributed by atoms with van der Waals surface area (Å²) in [5.41, 5.74) is -0.444. The third-order valence-electron chi connectivity index (χ3n) is 5.17. The van der Waals surface area contributed by atoms with Gasteiger partial charge in [0.1, 0.15) is 30.9 Å². The standard InChI is InChI=1S/C21H20F2N2O8S/c22-12-1-3-15(23)16(7-12)24-20(27)11-33-21(28)17-8-13(26)10-25(17)34(29,30)14-2-4-18-19(9-14)32-6-5-31-18/h1-4,7,9,13,17,26H,5-6,8,10-11H2,(H,24,27)/t13-,17-/m1/s1. The molecule has 1 fully saturated rings. The molecule has 10 nitrogen and oxygen atoms in total. The van der Waals surface area contributed by atoms with Crippen molar-refractivity contribution in [2.24, 2.45) is 0 Å². The molecule has 0 saturated carbocycles. The van der Waals surface area contributed by atoms with Crippen LogP contribution >= 0.6 is 0 Å². The minimum absolute atomic E-state index is 0.178. The molecule has 34 heavy (non-hydrogen) atoms. The minimum atomic E-state index is -4.25.